The summed E-state index contributed by atoms with van der Waals surface area (Å²) in [7, 11) is -2.73. The number of carbonyl (C=O) groups excluding carboxylic acids is 1. The summed E-state index contributed by atoms with van der Waals surface area (Å²) < 4.78 is 34.4. The Morgan fingerprint density at radius 3 is 2.67 bits per heavy atom. The van der Waals surface area contributed by atoms with Crippen LogP contribution in [0.1, 0.15) is 30.3 Å². The third-order valence-corrected chi connectivity index (χ3v) is 6.47. The number of hydrogen-bond donors (Lipinski definition) is 0. The van der Waals surface area contributed by atoms with E-state index in [1.165, 1.54) is 31.4 Å². The molecule has 2 aromatic rings. The molecule has 0 spiro atoms. The average molecular weight is 388 g/mol. The van der Waals surface area contributed by atoms with Gasteiger partial charge in [-0.2, -0.15) is 9.57 Å². The molecule has 0 fully saturated rings. The summed E-state index contributed by atoms with van der Waals surface area (Å²) in [4.78, 5) is 16.7. The number of rotatable bonds is 5. The largest absolute Gasteiger partial charge is 0.468 e. The quantitative estimate of drug-likeness (QED) is 0.718. The Labute approximate surface area is 158 Å². The second-order valence-corrected chi connectivity index (χ2v) is 8.15. The molecule has 8 nitrogen and oxygen atoms in total. The van der Waals surface area contributed by atoms with Gasteiger partial charge in [0.15, 0.2) is 0 Å². The molecule has 0 saturated heterocycles. The van der Waals surface area contributed by atoms with Crippen LogP contribution in [0.4, 0.5) is 0 Å². The van der Waals surface area contributed by atoms with Gasteiger partial charge in [-0.1, -0.05) is 6.92 Å². The Morgan fingerprint density at radius 1 is 1.37 bits per heavy atom. The number of sulfonamides is 1. The predicted octanol–water partition coefficient (Wildman–Crippen LogP) is 1.45. The Hall–Kier alpha value is -2.70. The van der Waals surface area contributed by atoms with Crippen LogP contribution in [0.15, 0.2) is 35.5 Å². The molecule has 1 aromatic carbocycles. The second-order valence-electron chi connectivity index (χ2n) is 6.26. The van der Waals surface area contributed by atoms with Gasteiger partial charge in [-0.05, 0) is 30.7 Å². The first-order chi connectivity index (χ1) is 12.9. The predicted molar refractivity (Wildman–Crippen MR) is 95.9 cm³/mol. The number of esters is 1. The fourth-order valence-corrected chi connectivity index (χ4v) is 4.74. The first kappa shape index (κ1) is 19.1. The summed E-state index contributed by atoms with van der Waals surface area (Å²) in [6.07, 6.45) is 2.72. The smallest absolute Gasteiger partial charge is 0.324 e. The van der Waals surface area contributed by atoms with Crippen LogP contribution in [-0.4, -0.2) is 41.4 Å². The third-order valence-electron chi connectivity index (χ3n) is 4.60. The van der Waals surface area contributed by atoms with Crippen LogP contribution in [0.3, 0.4) is 0 Å². The van der Waals surface area contributed by atoms with Crippen molar-refractivity contribution in [3.05, 3.63) is 47.5 Å². The lowest BCUT2D eigenvalue weighted by molar-refractivity contribution is -0.145. The SMILES string of the molecule is CCCn1cnc2c1CN(S(=O)(=O)c1ccc(C#N)cc1)[C@H](C(=O)OC)C2. The van der Waals surface area contributed by atoms with Crippen molar-refractivity contribution in [3.8, 4) is 6.07 Å². The minimum absolute atomic E-state index is 0.0282. The van der Waals surface area contributed by atoms with Crippen LogP contribution in [0.25, 0.3) is 0 Å². The number of carbonyl (C=O) groups is 1. The lowest BCUT2D eigenvalue weighted by atomic mass is 10.1. The molecule has 3 rings (SSSR count). The van der Waals surface area contributed by atoms with E-state index in [-0.39, 0.29) is 17.9 Å². The minimum atomic E-state index is -3.96. The van der Waals surface area contributed by atoms with E-state index in [2.05, 4.69) is 4.98 Å². The van der Waals surface area contributed by atoms with Gasteiger partial charge in [-0.25, -0.2) is 13.4 Å². The minimum Gasteiger partial charge on any atom is -0.468 e. The number of methoxy groups -OCH3 is 1. The summed E-state index contributed by atoms with van der Waals surface area (Å²) in [6, 6.07) is 6.61. The Morgan fingerprint density at radius 2 is 2.07 bits per heavy atom. The highest BCUT2D eigenvalue weighted by atomic mass is 32.2. The number of nitriles is 1. The molecule has 2 heterocycles. The first-order valence-electron chi connectivity index (χ1n) is 8.55. The summed E-state index contributed by atoms with van der Waals surface area (Å²) in [5.74, 6) is -0.622. The van der Waals surface area contributed by atoms with Crippen molar-refractivity contribution in [2.24, 2.45) is 0 Å². The molecule has 1 atom stereocenters. The number of fused-ring (bicyclic) bond motifs is 1. The molecule has 0 aliphatic carbocycles. The van der Waals surface area contributed by atoms with Crippen molar-refractivity contribution in [1.29, 1.82) is 5.26 Å². The van der Waals surface area contributed by atoms with Crippen molar-refractivity contribution in [2.45, 2.75) is 43.8 Å². The number of nitrogens with zero attached hydrogens (tertiary/aromatic N) is 4. The van der Waals surface area contributed by atoms with E-state index in [0.717, 1.165) is 23.0 Å². The van der Waals surface area contributed by atoms with Crippen molar-refractivity contribution in [2.75, 3.05) is 7.11 Å². The van der Waals surface area contributed by atoms with Crippen molar-refractivity contribution < 1.29 is 17.9 Å². The first-order valence-corrected chi connectivity index (χ1v) is 9.99. The number of benzene rings is 1. The Kier molecular flexibility index (Phi) is 5.30. The van der Waals surface area contributed by atoms with E-state index < -0.39 is 22.0 Å². The van der Waals surface area contributed by atoms with Gasteiger partial charge >= 0.3 is 5.97 Å². The second kappa shape index (κ2) is 7.50. The van der Waals surface area contributed by atoms with E-state index in [4.69, 9.17) is 10.00 Å². The van der Waals surface area contributed by atoms with Crippen LogP contribution in [0.5, 0.6) is 0 Å². The van der Waals surface area contributed by atoms with Crippen LogP contribution in [-0.2, 0) is 39.1 Å². The molecule has 0 radical (unpaired) electrons. The van der Waals surface area contributed by atoms with Crippen LogP contribution >= 0.6 is 0 Å². The van der Waals surface area contributed by atoms with E-state index in [0.29, 0.717) is 11.3 Å². The zero-order valence-electron chi connectivity index (χ0n) is 15.1. The summed E-state index contributed by atoms with van der Waals surface area (Å²) >= 11 is 0. The molecule has 0 saturated carbocycles. The van der Waals surface area contributed by atoms with Gasteiger partial charge in [0.1, 0.15) is 6.04 Å². The molecule has 142 valence electrons. The van der Waals surface area contributed by atoms with Gasteiger partial charge in [0, 0.05) is 13.0 Å². The van der Waals surface area contributed by atoms with Gasteiger partial charge in [0.25, 0.3) is 0 Å². The molecule has 0 amide bonds. The zero-order valence-corrected chi connectivity index (χ0v) is 15.9. The van der Waals surface area contributed by atoms with Gasteiger partial charge in [0.2, 0.25) is 10.0 Å². The molecular weight excluding hydrogens is 368 g/mol. The lowest BCUT2D eigenvalue weighted by Gasteiger charge is -2.33. The highest BCUT2D eigenvalue weighted by Crippen LogP contribution is 2.29. The molecule has 1 aliphatic heterocycles. The Bertz CT molecular complexity index is 989. The summed E-state index contributed by atoms with van der Waals surface area (Å²) in [5.41, 5.74) is 1.86. The van der Waals surface area contributed by atoms with E-state index in [1.54, 1.807) is 6.33 Å². The number of aromatic nitrogens is 2. The standard InChI is InChI=1S/C18H20N4O4S/c1-3-8-21-12-20-15-9-16(18(23)26-2)22(11-17(15)21)27(24,25)14-6-4-13(10-19)5-7-14/h4-7,12,16H,3,8-9,11H2,1-2H3/t16-/m0/s1. The maximum Gasteiger partial charge on any atom is 0.324 e. The molecule has 0 bridgehead atoms. The summed E-state index contributed by atoms with van der Waals surface area (Å²) in [5, 5.41) is 8.91. The monoisotopic (exact) mass is 388 g/mol. The fourth-order valence-electron chi connectivity index (χ4n) is 3.20. The fraction of sp³-hybridized carbons (Fsp3) is 0.389. The van der Waals surface area contributed by atoms with Crippen LogP contribution in [0, 0.1) is 11.3 Å². The average Bonchev–Trinajstić information content (AvgIpc) is 3.08. The molecule has 0 unspecified atom stereocenters. The molecule has 1 aromatic heterocycles. The highest BCUT2D eigenvalue weighted by Gasteiger charge is 2.42. The topological polar surface area (TPSA) is 105 Å². The lowest BCUT2D eigenvalue weighted by Crippen LogP contribution is -2.49. The molecule has 9 heteroatoms. The van der Waals surface area contributed by atoms with Gasteiger partial charge < -0.3 is 9.30 Å². The molecular formula is C18H20N4O4S. The zero-order chi connectivity index (χ0) is 19.6. The number of imidazole rings is 1. The van der Waals surface area contributed by atoms with E-state index >= 15 is 0 Å². The third kappa shape index (κ3) is 3.46. The van der Waals surface area contributed by atoms with Crippen molar-refractivity contribution in [1.82, 2.24) is 13.9 Å². The van der Waals surface area contributed by atoms with Gasteiger partial charge in [-0.3, -0.25) is 4.79 Å². The number of aryl methyl sites for hydroxylation is 1. The number of ether oxygens (including phenoxy) is 1. The summed E-state index contributed by atoms with van der Waals surface area (Å²) in [6.45, 7) is 2.78. The maximum absolute atomic E-state index is 13.2. The van der Waals surface area contributed by atoms with Gasteiger partial charge in [0.05, 0.1) is 47.9 Å². The Balaban J connectivity index is 2.04. The van der Waals surface area contributed by atoms with Gasteiger partial charge in [-0.15, -0.1) is 0 Å². The molecule has 27 heavy (non-hydrogen) atoms. The maximum atomic E-state index is 13.2. The van der Waals surface area contributed by atoms with Crippen LogP contribution < -0.4 is 0 Å². The molecule has 0 N–H and O–H groups in total. The van der Waals surface area contributed by atoms with E-state index in [9.17, 15) is 13.2 Å². The van der Waals surface area contributed by atoms with Crippen LogP contribution in [0.2, 0.25) is 0 Å². The van der Waals surface area contributed by atoms with Crippen molar-refractivity contribution in [3.63, 3.8) is 0 Å². The molecule has 1 aliphatic rings. The highest BCUT2D eigenvalue weighted by molar-refractivity contribution is 7.89. The normalized spacial score (nSPS) is 17.1. The van der Waals surface area contributed by atoms with E-state index in [1.807, 2.05) is 17.6 Å². The number of hydrogen-bond acceptors (Lipinski definition) is 6. The van der Waals surface area contributed by atoms with Crippen molar-refractivity contribution >= 4 is 16.0 Å².